The summed E-state index contributed by atoms with van der Waals surface area (Å²) in [5, 5.41) is 26.6. The van der Waals surface area contributed by atoms with E-state index in [0.29, 0.717) is 17.3 Å². The van der Waals surface area contributed by atoms with Crippen LogP contribution in [0.15, 0.2) is 45.9 Å². The Morgan fingerprint density at radius 3 is 2.35 bits per heavy atom. The molecular formula is C14H6N2O3S. The number of fused-ring (bicyclic) bond motifs is 1. The van der Waals surface area contributed by atoms with E-state index < -0.39 is 11.5 Å². The first-order valence-electron chi connectivity index (χ1n) is 5.39. The maximum absolute atomic E-state index is 12.2. The summed E-state index contributed by atoms with van der Waals surface area (Å²) < 4.78 is 0. The van der Waals surface area contributed by atoms with Crippen LogP contribution < -0.4 is 0 Å². The van der Waals surface area contributed by atoms with Crippen molar-refractivity contribution < 1.29 is 14.7 Å². The molecule has 0 radical (unpaired) electrons. The third-order valence-corrected chi connectivity index (χ3v) is 3.57. The zero-order valence-electron chi connectivity index (χ0n) is 9.95. The average molecular weight is 282 g/mol. The monoisotopic (exact) mass is 282 g/mol. The second kappa shape index (κ2) is 5.43. The minimum absolute atomic E-state index is 0.00653. The molecule has 5 nitrogen and oxygen atoms in total. The molecule has 2 rings (SSSR count). The summed E-state index contributed by atoms with van der Waals surface area (Å²) >= 11 is 0.611. The van der Waals surface area contributed by atoms with Crippen molar-refractivity contribution in [2.45, 2.75) is 0 Å². The van der Waals surface area contributed by atoms with Gasteiger partial charge in [-0.3, -0.25) is 9.59 Å². The zero-order chi connectivity index (χ0) is 14.7. The molecule has 0 aliphatic heterocycles. The summed E-state index contributed by atoms with van der Waals surface area (Å²) in [7, 11) is 0. The molecule has 0 fully saturated rings. The summed E-state index contributed by atoms with van der Waals surface area (Å²) in [5.74, 6) is -1.54. The fourth-order valence-electron chi connectivity index (χ4n) is 1.65. The Morgan fingerprint density at radius 2 is 1.75 bits per heavy atom. The number of hydrogen-bond acceptors (Lipinski definition) is 6. The van der Waals surface area contributed by atoms with Crippen molar-refractivity contribution >= 4 is 23.3 Å². The number of thioether (sulfide) groups is 1. The smallest absolute Gasteiger partial charge is 0.219 e. The molecule has 6 heteroatoms. The lowest BCUT2D eigenvalue weighted by atomic mass is 9.95. The lowest BCUT2D eigenvalue weighted by Gasteiger charge is -2.13. The molecule has 0 amide bonds. The number of nitrogens with zero attached hydrogens (tertiary/aromatic N) is 2. The number of rotatable bonds is 2. The number of benzene rings is 1. The van der Waals surface area contributed by atoms with Crippen molar-refractivity contribution in [1.82, 2.24) is 0 Å². The van der Waals surface area contributed by atoms with Crippen LogP contribution in [-0.2, 0) is 0 Å². The second-order valence-corrected chi connectivity index (χ2v) is 4.80. The van der Waals surface area contributed by atoms with Gasteiger partial charge in [0.1, 0.15) is 17.0 Å². The van der Waals surface area contributed by atoms with E-state index >= 15 is 0 Å². The van der Waals surface area contributed by atoms with Crippen LogP contribution in [-0.4, -0.2) is 16.7 Å². The van der Waals surface area contributed by atoms with Gasteiger partial charge in [-0.1, -0.05) is 36.0 Å². The molecule has 0 bridgehead atoms. The fourth-order valence-corrected chi connectivity index (χ4v) is 2.43. The highest BCUT2D eigenvalue weighted by molar-refractivity contribution is 8.08. The topological polar surface area (TPSA) is 102 Å². The van der Waals surface area contributed by atoms with Gasteiger partial charge in [-0.15, -0.1) is 0 Å². The number of hydrogen-bond donors (Lipinski definition) is 1. The number of Topliss-reactive ketones (excluding diaryl/α,β-unsaturated/α-hetero) is 1. The molecule has 1 aliphatic rings. The van der Waals surface area contributed by atoms with E-state index in [9.17, 15) is 14.7 Å². The van der Waals surface area contributed by atoms with E-state index in [4.69, 9.17) is 10.5 Å². The van der Waals surface area contributed by atoms with Crippen molar-refractivity contribution in [2.24, 2.45) is 0 Å². The van der Waals surface area contributed by atoms with Gasteiger partial charge in [0.2, 0.25) is 11.5 Å². The molecule has 20 heavy (non-hydrogen) atoms. The van der Waals surface area contributed by atoms with Gasteiger partial charge < -0.3 is 5.11 Å². The van der Waals surface area contributed by atoms with Gasteiger partial charge in [0.15, 0.2) is 5.78 Å². The molecule has 0 saturated heterocycles. The second-order valence-electron chi connectivity index (χ2n) is 3.75. The Bertz CT molecular complexity index is 763. The maximum atomic E-state index is 12.2. The molecule has 1 aromatic rings. The normalized spacial score (nSPS) is 14.6. The summed E-state index contributed by atoms with van der Waals surface area (Å²) in [4.78, 5) is 23.8. The van der Waals surface area contributed by atoms with Crippen molar-refractivity contribution in [3.8, 4) is 12.1 Å². The highest BCUT2D eigenvalue weighted by atomic mass is 32.2. The van der Waals surface area contributed by atoms with Gasteiger partial charge in [0.05, 0.1) is 4.91 Å². The van der Waals surface area contributed by atoms with Gasteiger partial charge in [-0.25, -0.2) is 0 Å². The number of aliphatic hydroxyl groups excluding tert-OH is 1. The number of aliphatic hydroxyl groups is 1. The first-order chi connectivity index (χ1) is 9.58. The average Bonchev–Trinajstić information content (AvgIpc) is 2.48. The van der Waals surface area contributed by atoms with E-state index in [1.165, 1.54) is 12.1 Å². The Kier molecular flexibility index (Phi) is 3.69. The van der Waals surface area contributed by atoms with E-state index in [1.54, 1.807) is 24.3 Å². The standard InChI is InChI=1S/C14H6N2O3S/c15-6-11(18)13(7-16)20-12-5-10(17)8-3-1-2-4-9(8)14(12)19/h1-5,18H/b13-11-. The number of nitriles is 2. The van der Waals surface area contributed by atoms with Crippen LogP contribution in [0.1, 0.15) is 20.7 Å². The van der Waals surface area contributed by atoms with E-state index in [-0.39, 0.29) is 21.2 Å². The van der Waals surface area contributed by atoms with Gasteiger partial charge in [0.25, 0.3) is 0 Å². The highest BCUT2D eigenvalue weighted by Gasteiger charge is 2.26. The molecule has 0 heterocycles. The van der Waals surface area contributed by atoms with Crippen LogP contribution in [0.3, 0.4) is 0 Å². The minimum Gasteiger partial charge on any atom is -0.498 e. The summed E-state index contributed by atoms with van der Waals surface area (Å²) in [6.45, 7) is 0. The van der Waals surface area contributed by atoms with Gasteiger partial charge in [-0.05, 0) is 0 Å². The molecule has 1 aliphatic carbocycles. The predicted octanol–water partition coefficient (Wildman–Crippen LogP) is 2.50. The first kappa shape index (κ1) is 13.6. The molecule has 0 aromatic heterocycles. The third-order valence-electron chi connectivity index (χ3n) is 2.56. The van der Waals surface area contributed by atoms with Crippen LogP contribution in [0, 0.1) is 22.7 Å². The molecule has 1 N–H and O–H groups in total. The summed E-state index contributed by atoms with van der Waals surface area (Å²) in [5.41, 5.74) is 0.546. The lowest BCUT2D eigenvalue weighted by Crippen LogP contribution is -2.15. The molecule has 0 unspecified atom stereocenters. The molecule has 0 atom stereocenters. The molecule has 96 valence electrons. The van der Waals surface area contributed by atoms with E-state index in [1.807, 2.05) is 0 Å². The van der Waals surface area contributed by atoms with Crippen LogP contribution in [0.4, 0.5) is 0 Å². The highest BCUT2D eigenvalue weighted by Crippen LogP contribution is 2.33. The Hall–Kier alpha value is -2.83. The van der Waals surface area contributed by atoms with Crippen LogP contribution in [0.25, 0.3) is 0 Å². The van der Waals surface area contributed by atoms with Gasteiger partial charge in [-0.2, -0.15) is 10.5 Å². The zero-order valence-corrected chi connectivity index (χ0v) is 10.8. The van der Waals surface area contributed by atoms with E-state index in [2.05, 4.69) is 0 Å². The number of carbonyl (C=O) groups is 2. The van der Waals surface area contributed by atoms with Crippen LogP contribution >= 0.6 is 11.8 Å². The Balaban J connectivity index is 2.43. The number of ketones is 2. The lowest BCUT2D eigenvalue weighted by molar-refractivity contribution is 0.0991. The maximum Gasteiger partial charge on any atom is 0.219 e. The number of carbonyl (C=O) groups excluding carboxylic acids is 2. The Labute approximate surface area is 118 Å². The first-order valence-corrected chi connectivity index (χ1v) is 6.21. The molecule has 0 saturated carbocycles. The van der Waals surface area contributed by atoms with Crippen LogP contribution in [0.2, 0.25) is 0 Å². The van der Waals surface area contributed by atoms with Crippen molar-refractivity contribution in [3.63, 3.8) is 0 Å². The third kappa shape index (κ3) is 2.33. The molecule has 1 aromatic carbocycles. The van der Waals surface area contributed by atoms with Gasteiger partial charge >= 0.3 is 0 Å². The van der Waals surface area contributed by atoms with Crippen molar-refractivity contribution in [2.75, 3.05) is 0 Å². The van der Waals surface area contributed by atoms with Crippen molar-refractivity contribution in [3.05, 3.63) is 57.0 Å². The Morgan fingerprint density at radius 1 is 1.10 bits per heavy atom. The molecule has 0 spiro atoms. The summed E-state index contributed by atoms with van der Waals surface area (Å²) in [6, 6.07) is 9.39. The predicted molar refractivity (Wildman–Crippen MR) is 71.7 cm³/mol. The SMILES string of the molecule is N#C/C(O)=C(\C#N)SC1=CC(=O)c2ccccc2C1=O. The van der Waals surface area contributed by atoms with Crippen LogP contribution in [0.5, 0.6) is 0 Å². The summed E-state index contributed by atoms with van der Waals surface area (Å²) in [6.07, 6.45) is 1.11. The molecular weight excluding hydrogens is 276 g/mol. The fraction of sp³-hybridized carbons (Fsp3) is 0. The van der Waals surface area contributed by atoms with Gasteiger partial charge in [0, 0.05) is 17.2 Å². The minimum atomic E-state index is -0.780. The largest absolute Gasteiger partial charge is 0.498 e. The number of allylic oxidation sites excluding steroid dienone is 4. The van der Waals surface area contributed by atoms with Crippen molar-refractivity contribution in [1.29, 1.82) is 10.5 Å². The quantitative estimate of drug-likeness (QED) is 0.508. The van der Waals surface area contributed by atoms with E-state index in [0.717, 1.165) is 6.08 Å².